The molecular formula is C13H17ClN2O3S. The lowest BCUT2D eigenvalue weighted by molar-refractivity contribution is 0.0793. The molecule has 1 saturated heterocycles. The SMILES string of the molecule is CN(c1ccc(Cl)c(C(=O)N2CCCC2)c1)S(C)(=O)=O. The van der Waals surface area contributed by atoms with E-state index in [9.17, 15) is 13.2 Å². The number of rotatable bonds is 3. The zero-order valence-electron chi connectivity index (χ0n) is 11.5. The van der Waals surface area contributed by atoms with Crippen LogP contribution in [0.2, 0.25) is 5.02 Å². The highest BCUT2D eigenvalue weighted by molar-refractivity contribution is 7.92. The van der Waals surface area contributed by atoms with Crippen molar-refractivity contribution in [3.63, 3.8) is 0 Å². The number of hydrogen-bond donors (Lipinski definition) is 0. The monoisotopic (exact) mass is 316 g/mol. The lowest BCUT2D eigenvalue weighted by atomic mass is 10.1. The van der Waals surface area contributed by atoms with E-state index in [0.717, 1.165) is 36.5 Å². The molecule has 0 saturated carbocycles. The van der Waals surface area contributed by atoms with Crippen LogP contribution >= 0.6 is 11.6 Å². The largest absolute Gasteiger partial charge is 0.339 e. The molecule has 1 aliphatic heterocycles. The van der Waals surface area contributed by atoms with Crippen molar-refractivity contribution in [2.45, 2.75) is 12.8 Å². The molecule has 1 aromatic rings. The number of halogens is 1. The minimum atomic E-state index is -3.36. The molecule has 7 heteroatoms. The van der Waals surface area contributed by atoms with Crippen LogP contribution < -0.4 is 4.31 Å². The quantitative estimate of drug-likeness (QED) is 0.856. The van der Waals surface area contributed by atoms with E-state index in [-0.39, 0.29) is 5.91 Å². The molecule has 1 amide bonds. The van der Waals surface area contributed by atoms with Crippen molar-refractivity contribution in [1.29, 1.82) is 0 Å². The maximum atomic E-state index is 12.4. The van der Waals surface area contributed by atoms with Gasteiger partial charge in [-0.25, -0.2) is 8.42 Å². The third kappa shape index (κ3) is 3.07. The predicted octanol–water partition coefficient (Wildman–Crippen LogP) is 1.97. The van der Waals surface area contributed by atoms with Gasteiger partial charge in [0, 0.05) is 20.1 Å². The van der Waals surface area contributed by atoms with E-state index in [4.69, 9.17) is 11.6 Å². The van der Waals surface area contributed by atoms with Crippen molar-refractivity contribution in [2.75, 3.05) is 30.7 Å². The van der Waals surface area contributed by atoms with Gasteiger partial charge in [0.2, 0.25) is 10.0 Å². The van der Waals surface area contributed by atoms with Crippen molar-refractivity contribution in [2.24, 2.45) is 0 Å². The molecule has 0 bridgehead atoms. The highest BCUT2D eigenvalue weighted by atomic mass is 35.5. The Balaban J connectivity index is 2.36. The standard InChI is InChI=1S/C13H17ClN2O3S/c1-15(20(2,18)19)10-5-6-12(14)11(9-10)13(17)16-7-3-4-8-16/h5-6,9H,3-4,7-8H2,1-2H3. The highest BCUT2D eigenvalue weighted by Crippen LogP contribution is 2.26. The van der Waals surface area contributed by atoms with E-state index in [1.54, 1.807) is 17.0 Å². The van der Waals surface area contributed by atoms with E-state index in [1.807, 2.05) is 0 Å². The Labute approximate surface area is 124 Å². The van der Waals surface area contributed by atoms with Gasteiger partial charge in [-0.15, -0.1) is 0 Å². The molecule has 1 aliphatic rings. The summed E-state index contributed by atoms with van der Waals surface area (Å²) in [5.74, 6) is -0.142. The minimum Gasteiger partial charge on any atom is -0.339 e. The summed E-state index contributed by atoms with van der Waals surface area (Å²) in [6.45, 7) is 1.45. The van der Waals surface area contributed by atoms with Crippen molar-refractivity contribution in [1.82, 2.24) is 4.90 Å². The molecule has 20 heavy (non-hydrogen) atoms. The zero-order valence-corrected chi connectivity index (χ0v) is 13.0. The summed E-state index contributed by atoms with van der Waals surface area (Å²) in [7, 11) is -1.92. The van der Waals surface area contributed by atoms with Gasteiger partial charge in [0.15, 0.2) is 0 Å². The number of benzene rings is 1. The Kier molecular flexibility index (Phi) is 4.25. The number of likely N-dealkylation sites (tertiary alicyclic amines) is 1. The molecule has 1 heterocycles. The molecule has 0 unspecified atom stereocenters. The summed E-state index contributed by atoms with van der Waals surface area (Å²) in [6.07, 6.45) is 3.10. The first-order valence-corrected chi connectivity index (χ1v) is 8.56. The Morgan fingerprint density at radius 2 is 1.90 bits per heavy atom. The normalized spacial score (nSPS) is 15.4. The van der Waals surface area contributed by atoms with E-state index < -0.39 is 10.0 Å². The van der Waals surface area contributed by atoms with Crippen LogP contribution in [0.1, 0.15) is 23.2 Å². The minimum absolute atomic E-state index is 0.142. The van der Waals surface area contributed by atoms with Crippen LogP contribution in [0.3, 0.4) is 0 Å². The number of anilines is 1. The molecule has 1 fully saturated rings. The maximum Gasteiger partial charge on any atom is 0.255 e. The molecule has 1 aromatic carbocycles. The highest BCUT2D eigenvalue weighted by Gasteiger charge is 2.23. The van der Waals surface area contributed by atoms with Gasteiger partial charge in [-0.1, -0.05) is 11.6 Å². The molecule has 2 rings (SSSR count). The van der Waals surface area contributed by atoms with Crippen LogP contribution in [0.4, 0.5) is 5.69 Å². The van der Waals surface area contributed by atoms with Crippen LogP contribution in [0.15, 0.2) is 18.2 Å². The number of amides is 1. The van der Waals surface area contributed by atoms with E-state index in [2.05, 4.69) is 0 Å². The lowest BCUT2D eigenvalue weighted by Crippen LogP contribution is -2.29. The Morgan fingerprint density at radius 3 is 2.45 bits per heavy atom. The number of carbonyl (C=O) groups is 1. The maximum absolute atomic E-state index is 12.4. The second-order valence-electron chi connectivity index (χ2n) is 4.89. The Bertz CT molecular complexity index is 625. The van der Waals surface area contributed by atoms with E-state index in [0.29, 0.717) is 16.3 Å². The summed E-state index contributed by atoms with van der Waals surface area (Å²) in [5.41, 5.74) is 0.779. The summed E-state index contributed by atoms with van der Waals surface area (Å²) in [6, 6.07) is 4.68. The first kappa shape index (κ1) is 15.1. The summed E-state index contributed by atoms with van der Waals surface area (Å²) >= 11 is 6.07. The number of carbonyl (C=O) groups excluding carboxylic acids is 1. The average Bonchev–Trinajstić information content (AvgIpc) is 2.90. The van der Waals surface area contributed by atoms with E-state index in [1.165, 1.54) is 13.1 Å². The molecule has 0 radical (unpaired) electrons. The Hall–Kier alpha value is -1.27. The number of sulfonamides is 1. The number of nitrogens with zero attached hydrogens (tertiary/aromatic N) is 2. The molecule has 0 N–H and O–H groups in total. The third-order valence-corrected chi connectivity index (χ3v) is 4.97. The summed E-state index contributed by atoms with van der Waals surface area (Å²) < 4.78 is 24.2. The first-order chi connectivity index (χ1) is 9.30. The van der Waals surface area contributed by atoms with Crippen LogP contribution in [0.5, 0.6) is 0 Å². The van der Waals surface area contributed by atoms with Crippen LogP contribution in [0.25, 0.3) is 0 Å². The van der Waals surface area contributed by atoms with Crippen LogP contribution in [-0.2, 0) is 10.0 Å². The fourth-order valence-electron chi connectivity index (χ4n) is 2.16. The van der Waals surface area contributed by atoms with Gasteiger partial charge in [-0.3, -0.25) is 9.10 Å². The smallest absolute Gasteiger partial charge is 0.255 e. The van der Waals surface area contributed by atoms with Gasteiger partial charge in [0.1, 0.15) is 0 Å². The molecule has 0 atom stereocenters. The Morgan fingerprint density at radius 1 is 1.30 bits per heavy atom. The van der Waals surface area contributed by atoms with Crippen molar-refractivity contribution in [3.8, 4) is 0 Å². The van der Waals surface area contributed by atoms with Gasteiger partial charge in [-0.05, 0) is 31.0 Å². The lowest BCUT2D eigenvalue weighted by Gasteiger charge is -2.20. The van der Waals surface area contributed by atoms with E-state index >= 15 is 0 Å². The fraction of sp³-hybridized carbons (Fsp3) is 0.462. The molecule has 110 valence electrons. The molecule has 0 aliphatic carbocycles. The predicted molar refractivity (Wildman–Crippen MR) is 79.8 cm³/mol. The second kappa shape index (κ2) is 5.61. The van der Waals surface area contributed by atoms with Gasteiger partial charge in [0.25, 0.3) is 5.91 Å². The van der Waals surface area contributed by atoms with Crippen molar-refractivity contribution >= 4 is 33.2 Å². The van der Waals surface area contributed by atoms with Gasteiger partial charge in [-0.2, -0.15) is 0 Å². The van der Waals surface area contributed by atoms with Gasteiger partial charge < -0.3 is 4.90 Å². The molecule has 0 spiro atoms. The van der Waals surface area contributed by atoms with Gasteiger partial charge in [0.05, 0.1) is 22.5 Å². The molecule has 5 nitrogen and oxygen atoms in total. The zero-order chi connectivity index (χ0) is 14.9. The van der Waals surface area contributed by atoms with Gasteiger partial charge >= 0.3 is 0 Å². The first-order valence-electron chi connectivity index (χ1n) is 6.33. The second-order valence-corrected chi connectivity index (χ2v) is 7.31. The fourth-order valence-corrected chi connectivity index (χ4v) is 2.85. The molecular weight excluding hydrogens is 300 g/mol. The average molecular weight is 317 g/mol. The summed E-state index contributed by atoms with van der Waals surface area (Å²) in [4.78, 5) is 14.1. The van der Waals surface area contributed by atoms with Crippen molar-refractivity contribution in [3.05, 3.63) is 28.8 Å². The van der Waals surface area contributed by atoms with Crippen LogP contribution in [-0.4, -0.2) is 45.6 Å². The topological polar surface area (TPSA) is 57.7 Å². The molecule has 0 aromatic heterocycles. The third-order valence-electron chi connectivity index (χ3n) is 3.43. The number of hydrogen-bond acceptors (Lipinski definition) is 3. The van der Waals surface area contributed by atoms with Crippen LogP contribution in [0, 0.1) is 0 Å². The summed E-state index contributed by atoms with van der Waals surface area (Å²) in [5, 5.41) is 0.340. The van der Waals surface area contributed by atoms with Crippen molar-refractivity contribution < 1.29 is 13.2 Å².